The van der Waals surface area contributed by atoms with Crippen LogP contribution in [0.5, 0.6) is 0 Å². The number of aromatic nitrogens is 1. The maximum Gasteiger partial charge on any atom is 0.256 e. The maximum atomic E-state index is 12.3. The summed E-state index contributed by atoms with van der Waals surface area (Å²) in [7, 11) is 0. The third-order valence-electron chi connectivity index (χ3n) is 4.94. The molecule has 2 aliphatic rings. The van der Waals surface area contributed by atoms with Crippen molar-refractivity contribution in [1.82, 2.24) is 4.98 Å². The van der Waals surface area contributed by atoms with Gasteiger partial charge in [-0.2, -0.15) is 0 Å². The molecule has 0 spiro atoms. The second kappa shape index (κ2) is 5.10. The van der Waals surface area contributed by atoms with Crippen LogP contribution in [0, 0.1) is 0 Å². The Hall–Kier alpha value is -1.81. The van der Waals surface area contributed by atoms with Crippen LogP contribution >= 0.6 is 15.9 Å². The summed E-state index contributed by atoms with van der Waals surface area (Å²) in [4.78, 5) is 15.8. The topological polar surface area (TPSA) is 44.9 Å². The molecule has 1 aromatic carbocycles. The van der Waals surface area contributed by atoms with Crippen LogP contribution < -0.4 is 5.32 Å². The van der Waals surface area contributed by atoms with Crippen LogP contribution in [0.25, 0.3) is 11.6 Å². The van der Waals surface area contributed by atoms with Crippen LogP contribution in [0.2, 0.25) is 0 Å². The van der Waals surface area contributed by atoms with Crippen molar-refractivity contribution in [2.45, 2.75) is 38.5 Å². The highest BCUT2D eigenvalue weighted by molar-refractivity contribution is 9.10. The molecule has 1 aliphatic carbocycles. The van der Waals surface area contributed by atoms with Gasteiger partial charge < -0.3 is 10.3 Å². The van der Waals surface area contributed by atoms with Crippen molar-refractivity contribution in [1.29, 1.82) is 0 Å². The van der Waals surface area contributed by atoms with Crippen LogP contribution in [-0.2, 0) is 16.6 Å². The summed E-state index contributed by atoms with van der Waals surface area (Å²) in [5.74, 6) is -0.0371. The minimum Gasteiger partial charge on any atom is -0.359 e. The zero-order chi connectivity index (χ0) is 16.2. The molecule has 0 fully saturated rings. The number of anilines is 1. The van der Waals surface area contributed by atoms with E-state index in [1.165, 1.54) is 24.1 Å². The number of halogens is 1. The SMILES string of the molecule is CC1(C)CCCc2[nH]c(C=C3C(=O)Nc4ccc(Br)cc43)cc21. The van der Waals surface area contributed by atoms with Gasteiger partial charge in [-0.15, -0.1) is 0 Å². The molecular formula is C19H19BrN2O. The molecule has 2 N–H and O–H groups in total. The molecule has 1 aromatic heterocycles. The minimum atomic E-state index is -0.0371. The molecule has 4 heteroatoms. The Morgan fingerprint density at radius 3 is 2.87 bits per heavy atom. The number of carbonyl (C=O) groups is 1. The number of carbonyl (C=O) groups excluding carboxylic acids is 1. The Morgan fingerprint density at radius 1 is 1.26 bits per heavy atom. The van der Waals surface area contributed by atoms with Crippen LogP contribution in [0.15, 0.2) is 28.7 Å². The molecule has 23 heavy (non-hydrogen) atoms. The number of aromatic amines is 1. The molecule has 4 rings (SSSR count). The Morgan fingerprint density at radius 2 is 2.09 bits per heavy atom. The van der Waals surface area contributed by atoms with Gasteiger partial charge in [-0.1, -0.05) is 29.8 Å². The number of amides is 1. The van der Waals surface area contributed by atoms with Crippen molar-refractivity contribution >= 4 is 39.2 Å². The monoisotopic (exact) mass is 370 g/mol. The van der Waals surface area contributed by atoms with Crippen molar-refractivity contribution < 1.29 is 4.79 Å². The summed E-state index contributed by atoms with van der Waals surface area (Å²) < 4.78 is 0.977. The zero-order valence-corrected chi connectivity index (χ0v) is 14.9. The molecule has 2 aromatic rings. The van der Waals surface area contributed by atoms with E-state index in [1.807, 2.05) is 24.3 Å². The lowest BCUT2D eigenvalue weighted by Crippen LogP contribution is -2.22. The van der Waals surface area contributed by atoms with E-state index in [2.05, 4.69) is 46.1 Å². The smallest absolute Gasteiger partial charge is 0.256 e. The standard InChI is InChI=1S/C19H19BrN2O/c1-19(2)7-3-4-17-15(19)10-12(21-17)9-14-13-8-11(20)5-6-16(13)22-18(14)23/h5-6,8-10,21H,3-4,7H2,1-2H3,(H,22,23). The van der Waals surface area contributed by atoms with Crippen LogP contribution in [0.4, 0.5) is 5.69 Å². The van der Waals surface area contributed by atoms with Gasteiger partial charge in [0, 0.05) is 27.1 Å². The van der Waals surface area contributed by atoms with Gasteiger partial charge in [0.05, 0.1) is 5.57 Å². The van der Waals surface area contributed by atoms with E-state index in [4.69, 9.17) is 0 Å². The van der Waals surface area contributed by atoms with E-state index >= 15 is 0 Å². The first-order chi connectivity index (χ1) is 10.9. The summed E-state index contributed by atoms with van der Waals surface area (Å²) >= 11 is 3.48. The fourth-order valence-corrected chi connectivity index (χ4v) is 4.06. The van der Waals surface area contributed by atoms with E-state index < -0.39 is 0 Å². The van der Waals surface area contributed by atoms with Gasteiger partial charge in [-0.3, -0.25) is 4.79 Å². The van der Waals surface area contributed by atoms with Crippen LogP contribution in [0.1, 0.15) is 49.2 Å². The molecule has 0 bridgehead atoms. The molecule has 0 radical (unpaired) electrons. The van der Waals surface area contributed by atoms with Crippen molar-refractivity contribution in [3.05, 3.63) is 51.3 Å². The van der Waals surface area contributed by atoms with Gasteiger partial charge in [0.2, 0.25) is 0 Å². The normalized spacial score (nSPS) is 20.3. The Kier molecular flexibility index (Phi) is 3.27. The first-order valence-corrected chi connectivity index (χ1v) is 8.79. The summed E-state index contributed by atoms with van der Waals surface area (Å²) in [5, 5.41) is 2.93. The number of hydrogen-bond donors (Lipinski definition) is 2. The highest BCUT2D eigenvalue weighted by Crippen LogP contribution is 2.39. The number of benzene rings is 1. The molecule has 3 nitrogen and oxygen atoms in total. The Labute approximate surface area is 144 Å². The fraction of sp³-hybridized carbons (Fsp3) is 0.316. The third kappa shape index (κ3) is 2.45. The first-order valence-electron chi connectivity index (χ1n) is 7.99. The van der Waals surface area contributed by atoms with E-state index in [1.54, 1.807) is 0 Å². The van der Waals surface area contributed by atoms with Gasteiger partial charge in [0.1, 0.15) is 0 Å². The minimum absolute atomic E-state index is 0.0371. The predicted octanol–water partition coefficient (Wildman–Crippen LogP) is 4.88. The number of H-pyrrole nitrogens is 1. The summed E-state index contributed by atoms with van der Waals surface area (Å²) in [5.41, 5.74) is 6.49. The Balaban J connectivity index is 1.79. The average molecular weight is 371 g/mol. The number of aryl methyl sites for hydroxylation is 1. The molecule has 0 unspecified atom stereocenters. The lowest BCUT2D eigenvalue weighted by atomic mass is 9.75. The molecule has 2 heterocycles. The Bertz CT molecular complexity index is 845. The summed E-state index contributed by atoms with van der Waals surface area (Å²) in [6, 6.07) is 8.08. The lowest BCUT2D eigenvalue weighted by Gasteiger charge is -2.29. The molecule has 0 atom stereocenters. The van der Waals surface area contributed by atoms with E-state index in [0.717, 1.165) is 33.4 Å². The van der Waals surface area contributed by atoms with E-state index in [-0.39, 0.29) is 11.3 Å². The van der Waals surface area contributed by atoms with Gasteiger partial charge in [-0.05, 0) is 60.6 Å². The van der Waals surface area contributed by atoms with Crippen molar-refractivity contribution in [3.8, 4) is 0 Å². The van der Waals surface area contributed by atoms with Gasteiger partial charge in [0.15, 0.2) is 0 Å². The van der Waals surface area contributed by atoms with Gasteiger partial charge in [0.25, 0.3) is 5.91 Å². The second-order valence-electron chi connectivity index (χ2n) is 7.06. The number of nitrogens with one attached hydrogen (secondary N) is 2. The summed E-state index contributed by atoms with van der Waals surface area (Å²) in [6.07, 6.45) is 5.50. The molecule has 1 aliphatic heterocycles. The quantitative estimate of drug-likeness (QED) is 0.690. The largest absolute Gasteiger partial charge is 0.359 e. The van der Waals surface area contributed by atoms with Crippen molar-refractivity contribution in [3.63, 3.8) is 0 Å². The summed E-state index contributed by atoms with van der Waals surface area (Å²) in [6.45, 7) is 4.59. The maximum absolute atomic E-state index is 12.3. The van der Waals surface area contributed by atoms with E-state index in [9.17, 15) is 4.79 Å². The lowest BCUT2D eigenvalue weighted by molar-refractivity contribution is -0.110. The highest BCUT2D eigenvalue weighted by Gasteiger charge is 2.30. The predicted molar refractivity (Wildman–Crippen MR) is 97.4 cm³/mol. The van der Waals surface area contributed by atoms with E-state index in [0.29, 0.717) is 0 Å². The van der Waals surface area contributed by atoms with Crippen LogP contribution in [-0.4, -0.2) is 10.9 Å². The number of fused-ring (bicyclic) bond motifs is 2. The molecule has 0 saturated heterocycles. The van der Waals surface area contributed by atoms with Crippen LogP contribution in [0.3, 0.4) is 0 Å². The molecular weight excluding hydrogens is 352 g/mol. The number of hydrogen-bond acceptors (Lipinski definition) is 1. The second-order valence-corrected chi connectivity index (χ2v) is 7.97. The van der Waals surface area contributed by atoms with Gasteiger partial charge >= 0.3 is 0 Å². The average Bonchev–Trinajstić information content (AvgIpc) is 3.02. The van der Waals surface area contributed by atoms with Crippen molar-refractivity contribution in [2.24, 2.45) is 0 Å². The number of rotatable bonds is 1. The molecule has 118 valence electrons. The van der Waals surface area contributed by atoms with Crippen molar-refractivity contribution in [2.75, 3.05) is 5.32 Å². The highest BCUT2D eigenvalue weighted by atomic mass is 79.9. The zero-order valence-electron chi connectivity index (χ0n) is 13.3. The first kappa shape index (κ1) is 14.8. The molecule has 0 saturated carbocycles. The van der Waals surface area contributed by atoms with Gasteiger partial charge in [-0.25, -0.2) is 0 Å². The fourth-order valence-electron chi connectivity index (χ4n) is 3.70. The third-order valence-corrected chi connectivity index (χ3v) is 5.44. The molecule has 1 amide bonds.